The van der Waals surface area contributed by atoms with Gasteiger partial charge in [0.05, 0.1) is 0 Å². The van der Waals surface area contributed by atoms with E-state index in [9.17, 15) is 0 Å². The minimum atomic E-state index is 0.568. The van der Waals surface area contributed by atoms with E-state index in [0.717, 1.165) is 12.1 Å². The van der Waals surface area contributed by atoms with E-state index in [2.05, 4.69) is 37.7 Å². The normalized spacial score (nSPS) is 19.9. The maximum atomic E-state index is 4.22. The van der Waals surface area contributed by atoms with E-state index in [-0.39, 0.29) is 0 Å². The van der Waals surface area contributed by atoms with Gasteiger partial charge in [-0.3, -0.25) is 5.10 Å². The van der Waals surface area contributed by atoms with Gasteiger partial charge < -0.3 is 0 Å². The van der Waals surface area contributed by atoms with Gasteiger partial charge in [0, 0.05) is 11.3 Å². The number of tetrazole rings is 1. The molecule has 2 N–H and O–H groups in total. The van der Waals surface area contributed by atoms with Crippen molar-refractivity contribution in [3.63, 3.8) is 0 Å². The summed E-state index contributed by atoms with van der Waals surface area (Å²) in [4.78, 5) is 0. The lowest BCUT2D eigenvalue weighted by atomic mass is 10.1. The molecule has 0 saturated carbocycles. The molecule has 0 saturated heterocycles. The van der Waals surface area contributed by atoms with E-state index < -0.39 is 0 Å². The lowest BCUT2D eigenvalue weighted by molar-refractivity contribution is 0.716. The first-order chi connectivity index (χ1) is 6.86. The summed E-state index contributed by atoms with van der Waals surface area (Å²) in [5.74, 6) is 1.15. The zero-order chi connectivity index (χ0) is 9.54. The lowest BCUT2D eigenvalue weighted by Crippen LogP contribution is -1.87. The number of aromatic amines is 2. The minimum absolute atomic E-state index is 0.568. The van der Waals surface area contributed by atoms with Gasteiger partial charge in [0.2, 0.25) is 5.82 Å². The molecule has 0 radical (unpaired) electrons. The number of aromatic nitrogens is 6. The summed E-state index contributed by atoms with van der Waals surface area (Å²) in [5, 5.41) is 21.1. The Labute approximate surface area is 80.1 Å². The van der Waals surface area contributed by atoms with Crippen molar-refractivity contribution in [1.29, 1.82) is 0 Å². The van der Waals surface area contributed by atoms with E-state index in [0.29, 0.717) is 11.7 Å². The maximum Gasteiger partial charge on any atom is 0.225 e. The first-order valence-electron chi connectivity index (χ1n) is 4.67. The van der Waals surface area contributed by atoms with Crippen LogP contribution < -0.4 is 0 Å². The van der Waals surface area contributed by atoms with Gasteiger partial charge in [0.1, 0.15) is 5.69 Å². The van der Waals surface area contributed by atoms with E-state index >= 15 is 0 Å². The molecule has 1 atom stereocenters. The van der Waals surface area contributed by atoms with Crippen LogP contribution in [0, 0.1) is 0 Å². The first-order valence-corrected chi connectivity index (χ1v) is 4.67. The standard InChI is InChI=1S/C8H10N6/c1-4-2-3-5-6(4)9-10-7(5)8-11-13-14-12-8/h4H,2-3H2,1H3,(H,9,10)(H,11,12,13,14). The lowest BCUT2D eigenvalue weighted by Gasteiger charge is -1.96. The van der Waals surface area contributed by atoms with Crippen molar-refractivity contribution in [3.8, 4) is 11.5 Å². The quantitative estimate of drug-likeness (QED) is 0.691. The number of nitrogens with one attached hydrogen (secondary N) is 2. The molecular formula is C8H10N6. The number of rotatable bonds is 1. The van der Waals surface area contributed by atoms with Crippen molar-refractivity contribution in [1.82, 2.24) is 30.8 Å². The van der Waals surface area contributed by atoms with Crippen LogP contribution in [0.2, 0.25) is 0 Å². The van der Waals surface area contributed by atoms with Gasteiger partial charge in [-0.1, -0.05) is 6.92 Å². The third-order valence-electron chi connectivity index (χ3n) is 2.78. The van der Waals surface area contributed by atoms with Crippen LogP contribution in [0.4, 0.5) is 0 Å². The molecule has 1 aliphatic rings. The molecule has 1 aliphatic carbocycles. The molecule has 6 nitrogen and oxygen atoms in total. The summed E-state index contributed by atoms with van der Waals surface area (Å²) in [6.07, 6.45) is 2.23. The second kappa shape index (κ2) is 2.63. The van der Waals surface area contributed by atoms with Gasteiger partial charge in [-0.25, -0.2) is 0 Å². The summed E-state index contributed by atoms with van der Waals surface area (Å²) < 4.78 is 0. The molecule has 2 aromatic rings. The van der Waals surface area contributed by atoms with E-state index in [4.69, 9.17) is 0 Å². The second-order valence-corrected chi connectivity index (χ2v) is 3.64. The predicted molar refractivity (Wildman–Crippen MR) is 48.5 cm³/mol. The molecule has 0 aromatic carbocycles. The van der Waals surface area contributed by atoms with Crippen LogP contribution in [0.25, 0.3) is 11.5 Å². The van der Waals surface area contributed by atoms with Gasteiger partial charge >= 0.3 is 0 Å². The molecule has 0 aliphatic heterocycles. The average molecular weight is 190 g/mol. The molecule has 0 amide bonds. The molecule has 14 heavy (non-hydrogen) atoms. The Morgan fingerprint density at radius 1 is 1.36 bits per heavy atom. The Balaban J connectivity index is 2.13. The smallest absolute Gasteiger partial charge is 0.225 e. The summed E-state index contributed by atoms with van der Waals surface area (Å²) in [6.45, 7) is 2.20. The molecule has 2 aromatic heterocycles. The number of H-pyrrole nitrogens is 2. The summed E-state index contributed by atoms with van der Waals surface area (Å²) in [6, 6.07) is 0. The highest BCUT2D eigenvalue weighted by Crippen LogP contribution is 2.35. The SMILES string of the molecule is CC1CCc2c(-c3nn[nH]n3)n[nH]c21. The van der Waals surface area contributed by atoms with Crippen molar-refractivity contribution < 1.29 is 0 Å². The van der Waals surface area contributed by atoms with Crippen LogP contribution in [0.1, 0.15) is 30.5 Å². The third-order valence-corrected chi connectivity index (χ3v) is 2.78. The molecule has 0 fully saturated rings. The van der Waals surface area contributed by atoms with E-state index in [1.165, 1.54) is 17.7 Å². The van der Waals surface area contributed by atoms with Crippen LogP contribution in [0.15, 0.2) is 0 Å². The predicted octanol–water partition coefficient (Wildman–Crippen LogP) is 0.639. The van der Waals surface area contributed by atoms with E-state index in [1.54, 1.807) is 0 Å². The Kier molecular flexibility index (Phi) is 1.44. The fourth-order valence-electron chi connectivity index (χ4n) is 1.99. The van der Waals surface area contributed by atoms with Crippen LogP contribution in [-0.4, -0.2) is 30.8 Å². The Hall–Kier alpha value is -1.72. The molecule has 0 spiro atoms. The number of hydrogen-bond donors (Lipinski definition) is 2. The van der Waals surface area contributed by atoms with Crippen LogP contribution in [0.5, 0.6) is 0 Å². The fourth-order valence-corrected chi connectivity index (χ4v) is 1.99. The van der Waals surface area contributed by atoms with Gasteiger partial charge in [0.25, 0.3) is 0 Å². The summed E-state index contributed by atoms with van der Waals surface area (Å²) >= 11 is 0. The van der Waals surface area contributed by atoms with E-state index in [1.807, 2.05) is 0 Å². The summed E-state index contributed by atoms with van der Waals surface area (Å²) in [5.41, 5.74) is 3.32. The maximum absolute atomic E-state index is 4.22. The van der Waals surface area contributed by atoms with Crippen molar-refractivity contribution in [2.24, 2.45) is 0 Å². The first kappa shape index (κ1) is 7.66. The van der Waals surface area contributed by atoms with Crippen molar-refractivity contribution >= 4 is 0 Å². The van der Waals surface area contributed by atoms with Gasteiger partial charge in [-0.15, -0.1) is 10.2 Å². The largest absolute Gasteiger partial charge is 0.281 e. The van der Waals surface area contributed by atoms with Gasteiger partial charge in [-0.05, 0) is 24.0 Å². The summed E-state index contributed by atoms with van der Waals surface area (Å²) in [7, 11) is 0. The Morgan fingerprint density at radius 3 is 3.07 bits per heavy atom. The number of fused-ring (bicyclic) bond motifs is 1. The van der Waals surface area contributed by atoms with Crippen molar-refractivity contribution in [2.75, 3.05) is 0 Å². The van der Waals surface area contributed by atoms with Crippen molar-refractivity contribution in [2.45, 2.75) is 25.7 Å². The minimum Gasteiger partial charge on any atom is -0.281 e. The fraction of sp³-hybridized carbons (Fsp3) is 0.500. The Morgan fingerprint density at radius 2 is 2.29 bits per heavy atom. The highest BCUT2D eigenvalue weighted by Gasteiger charge is 2.26. The topological polar surface area (TPSA) is 83.1 Å². The zero-order valence-corrected chi connectivity index (χ0v) is 7.78. The van der Waals surface area contributed by atoms with Crippen LogP contribution in [-0.2, 0) is 6.42 Å². The molecule has 3 rings (SSSR count). The molecular weight excluding hydrogens is 180 g/mol. The Bertz CT molecular complexity index is 442. The van der Waals surface area contributed by atoms with Crippen LogP contribution >= 0.6 is 0 Å². The molecule has 72 valence electrons. The highest BCUT2D eigenvalue weighted by molar-refractivity contribution is 5.57. The van der Waals surface area contributed by atoms with Crippen LogP contribution in [0.3, 0.4) is 0 Å². The average Bonchev–Trinajstić information content (AvgIpc) is 2.84. The van der Waals surface area contributed by atoms with Crippen molar-refractivity contribution in [3.05, 3.63) is 11.3 Å². The number of nitrogens with zero attached hydrogens (tertiary/aromatic N) is 4. The highest BCUT2D eigenvalue weighted by atomic mass is 15.5. The third kappa shape index (κ3) is 0.905. The molecule has 2 heterocycles. The second-order valence-electron chi connectivity index (χ2n) is 3.64. The monoisotopic (exact) mass is 190 g/mol. The molecule has 6 heteroatoms. The van der Waals surface area contributed by atoms with Gasteiger partial charge in [-0.2, -0.15) is 10.3 Å². The molecule has 1 unspecified atom stereocenters. The zero-order valence-electron chi connectivity index (χ0n) is 7.78. The molecule has 0 bridgehead atoms. The number of hydrogen-bond acceptors (Lipinski definition) is 4. The van der Waals surface area contributed by atoms with Gasteiger partial charge in [0.15, 0.2) is 0 Å².